The van der Waals surface area contributed by atoms with Gasteiger partial charge in [-0.05, 0) is 32.9 Å². The zero-order valence-corrected chi connectivity index (χ0v) is 10.4. The molecule has 1 atom stereocenters. The lowest BCUT2D eigenvalue weighted by atomic mass is 10.1. The lowest BCUT2D eigenvalue weighted by molar-refractivity contribution is 0.0553. The first kappa shape index (κ1) is 13.9. The van der Waals surface area contributed by atoms with Gasteiger partial charge in [0.1, 0.15) is 11.6 Å². The minimum Gasteiger partial charge on any atom is -0.493 e. The minimum atomic E-state index is -0.833. The van der Waals surface area contributed by atoms with E-state index in [-0.39, 0.29) is 5.56 Å². The van der Waals surface area contributed by atoms with Crippen molar-refractivity contribution in [3.05, 3.63) is 29.6 Å². The van der Waals surface area contributed by atoms with Crippen molar-refractivity contribution in [1.29, 1.82) is 0 Å². The van der Waals surface area contributed by atoms with Crippen LogP contribution in [-0.4, -0.2) is 22.4 Å². The Morgan fingerprint density at radius 3 is 2.53 bits per heavy atom. The fourth-order valence-electron chi connectivity index (χ4n) is 1.36. The second kappa shape index (κ2) is 5.47. The number of aliphatic hydroxyl groups is 2. The van der Waals surface area contributed by atoms with Gasteiger partial charge in [0.05, 0.1) is 18.3 Å². The largest absolute Gasteiger partial charge is 0.493 e. The normalized spacial score (nSPS) is 13.5. The molecule has 1 aromatic carbocycles. The summed E-state index contributed by atoms with van der Waals surface area (Å²) in [4.78, 5) is 0. The average Bonchev–Trinajstić information content (AvgIpc) is 2.15. The van der Waals surface area contributed by atoms with Crippen LogP contribution in [0.1, 0.15) is 38.9 Å². The van der Waals surface area contributed by atoms with E-state index in [9.17, 15) is 14.6 Å². The number of hydrogen-bond acceptors (Lipinski definition) is 3. The molecule has 0 saturated heterocycles. The van der Waals surface area contributed by atoms with Crippen LogP contribution in [0.25, 0.3) is 0 Å². The Kier molecular flexibility index (Phi) is 4.48. The molecule has 1 unspecified atom stereocenters. The molecule has 0 aliphatic carbocycles. The van der Waals surface area contributed by atoms with Crippen LogP contribution in [-0.2, 0) is 0 Å². The van der Waals surface area contributed by atoms with Crippen LogP contribution in [0.3, 0.4) is 0 Å². The molecule has 0 saturated carbocycles. The number of halogens is 1. The Labute approximate surface area is 101 Å². The number of ether oxygens (including phenoxy) is 1. The number of benzene rings is 1. The van der Waals surface area contributed by atoms with E-state index in [1.54, 1.807) is 19.9 Å². The summed E-state index contributed by atoms with van der Waals surface area (Å²) < 4.78 is 18.8. The Morgan fingerprint density at radius 1 is 1.41 bits per heavy atom. The van der Waals surface area contributed by atoms with Crippen molar-refractivity contribution in [3.63, 3.8) is 0 Å². The Bertz CT molecular complexity index is 369. The molecule has 0 bridgehead atoms. The highest BCUT2D eigenvalue weighted by molar-refractivity contribution is 5.29. The molecular weight excluding hydrogens is 223 g/mol. The fourth-order valence-corrected chi connectivity index (χ4v) is 1.36. The van der Waals surface area contributed by atoms with Gasteiger partial charge in [-0.15, -0.1) is 0 Å². The quantitative estimate of drug-likeness (QED) is 0.833. The minimum absolute atomic E-state index is 0.250. The van der Waals surface area contributed by atoms with E-state index in [0.29, 0.717) is 18.8 Å². The summed E-state index contributed by atoms with van der Waals surface area (Å²) in [5.41, 5.74) is -0.544. The van der Waals surface area contributed by atoms with Crippen LogP contribution < -0.4 is 4.74 Å². The van der Waals surface area contributed by atoms with Crippen molar-refractivity contribution in [2.24, 2.45) is 0 Å². The summed E-state index contributed by atoms with van der Waals surface area (Å²) in [5.74, 6) is -0.0862. The summed E-state index contributed by atoms with van der Waals surface area (Å²) in [6, 6.07) is 4.35. The molecule has 0 fully saturated rings. The van der Waals surface area contributed by atoms with E-state index >= 15 is 0 Å². The van der Waals surface area contributed by atoms with Gasteiger partial charge in [0.25, 0.3) is 0 Å². The van der Waals surface area contributed by atoms with E-state index in [1.807, 2.05) is 0 Å². The average molecular weight is 242 g/mol. The van der Waals surface area contributed by atoms with Gasteiger partial charge in [0.15, 0.2) is 0 Å². The highest BCUT2D eigenvalue weighted by atomic mass is 19.1. The zero-order chi connectivity index (χ0) is 13.1. The first-order chi connectivity index (χ1) is 7.79. The Morgan fingerprint density at radius 2 is 2.06 bits per heavy atom. The fraction of sp³-hybridized carbons (Fsp3) is 0.538. The second-order valence-corrected chi connectivity index (χ2v) is 4.77. The van der Waals surface area contributed by atoms with Crippen molar-refractivity contribution in [2.75, 3.05) is 6.61 Å². The third kappa shape index (κ3) is 4.71. The Balaban J connectivity index is 2.59. The van der Waals surface area contributed by atoms with Crippen LogP contribution >= 0.6 is 0 Å². The molecule has 0 radical (unpaired) electrons. The molecule has 0 spiro atoms. The summed E-state index contributed by atoms with van der Waals surface area (Å²) in [5, 5.41) is 18.7. The van der Waals surface area contributed by atoms with Gasteiger partial charge >= 0.3 is 0 Å². The van der Waals surface area contributed by atoms with Crippen molar-refractivity contribution >= 4 is 0 Å². The summed E-state index contributed by atoms with van der Waals surface area (Å²) in [7, 11) is 0. The van der Waals surface area contributed by atoms with Crippen LogP contribution in [0.15, 0.2) is 18.2 Å². The van der Waals surface area contributed by atoms with Crippen LogP contribution in [0.5, 0.6) is 5.75 Å². The van der Waals surface area contributed by atoms with Gasteiger partial charge in [-0.3, -0.25) is 0 Å². The van der Waals surface area contributed by atoms with Crippen molar-refractivity contribution in [2.45, 2.75) is 38.9 Å². The monoisotopic (exact) mass is 242 g/mol. The molecule has 2 N–H and O–H groups in total. The van der Waals surface area contributed by atoms with Gasteiger partial charge < -0.3 is 14.9 Å². The predicted molar refractivity (Wildman–Crippen MR) is 63.4 cm³/mol. The molecule has 0 aliphatic heterocycles. The molecule has 0 aliphatic rings. The first-order valence-corrected chi connectivity index (χ1v) is 5.62. The lowest BCUT2D eigenvalue weighted by Gasteiger charge is -2.17. The van der Waals surface area contributed by atoms with E-state index in [1.165, 1.54) is 19.1 Å². The van der Waals surface area contributed by atoms with Gasteiger partial charge in [-0.2, -0.15) is 0 Å². The van der Waals surface area contributed by atoms with Gasteiger partial charge in [-0.1, -0.05) is 0 Å². The highest BCUT2D eigenvalue weighted by Gasteiger charge is 2.13. The van der Waals surface area contributed by atoms with E-state index in [2.05, 4.69) is 0 Å². The summed E-state index contributed by atoms with van der Waals surface area (Å²) in [6.45, 7) is 5.20. The third-order valence-electron chi connectivity index (χ3n) is 2.40. The molecule has 17 heavy (non-hydrogen) atoms. The SMILES string of the molecule is CC(O)c1ccc(OCCC(C)(C)O)cc1F. The molecule has 3 nitrogen and oxygen atoms in total. The highest BCUT2D eigenvalue weighted by Crippen LogP contribution is 2.22. The number of rotatable bonds is 5. The predicted octanol–water partition coefficient (Wildman–Crippen LogP) is 2.42. The molecular formula is C13H19FO3. The molecule has 1 rings (SSSR count). The summed E-state index contributed by atoms with van der Waals surface area (Å²) >= 11 is 0. The van der Waals surface area contributed by atoms with Gasteiger partial charge in [0, 0.05) is 18.1 Å². The Hall–Kier alpha value is -1.13. The lowest BCUT2D eigenvalue weighted by Crippen LogP contribution is -2.21. The topological polar surface area (TPSA) is 49.7 Å². The van der Waals surface area contributed by atoms with Crippen molar-refractivity contribution in [1.82, 2.24) is 0 Å². The molecule has 1 aromatic rings. The molecule has 4 heteroatoms. The van der Waals surface area contributed by atoms with Gasteiger partial charge in [0.2, 0.25) is 0 Å². The zero-order valence-electron chi connectivity index (χ0n) is 10.4. The maximum Gasteiger partial charge on any atom is 0.132 e. The molecule has 0 aromatic heterocycles. The van der Waals surface area contributed by atoms with Crippen LogP contribution in [0.4, 0.5) is 4.39 Å². The number of hydrogen-bond donors (Lipinski definition) is 2. The number of aliphatic hydroxyl groups excluding tert-OH is 1. The maximum absolute atomic E-state index is 13.5. The third-order valence-corrected chi connectivity index (χ3v) is 2.40. The second-order valence-electron chi connectivity index (χ2n) is 4.77. The standard InChI is InChI=1S/C13H19FO3/c1-9(15)11-5-4-10(8-12(11)14)17-7-6-13(2,3)16/h4-5,8-9,15-16H,6-7H2,1-3H3. The maximum atomic E-state index is 13.5. The van der Waals surface area contributed by atoms with Crippen LogP contribution in [0, 0.1) is 5.82 Å². The molecule has 96 valence electrons. The van der Waals surface area contributed by atoms with Crippen LogP contribution in [0.2, 0.25) is 0 Å². The van der Waals surface area contributed by atoms with Gasteiger partial charge in [-0.25, -0.2) is 4.39 Å². The molecule has 0 amide bonds. The van der Waals surface area contributed by atoms with E-state index in [0.717, 1.165) is 0 Å². The van der Waals surface area contributed by atoms with Crippen molar-refractivity contribution < 1.29 is 19.3 Å². The first-order valence-electron chi connectivity index (χ1n) is 5.62. The summed E-state index contributed by atoms with van der Waals surface area (Å²) in [6.07, 6.45) is -0.368. The van der Waals surface area contributed by atoms with E-state index in [4.69, 9.17) is 4.74 Å². The van der Waals surface area contributed by atoms with Crippen molar-refractivity contribution in [3.8, 4) is 5.75 Å². The van der Waals surface area contributed by atoms with E-state index < -0.39 is 17.5 Å². The smallest absolute Gasteiger partial charge is 0.132 e. The molecule has 0 heterocycles.